The molecule has 0 N–H and O–H groups in total. The van der Waals surface area contributed by atoms with E-state index < -0.39 is 10.0 Å². The van der Waals surface area contributed by atoms with Crippen molar-refractivity contribution in [3.8, 4) is 11.4 Å². The molecular formula is C17H20N4O3S. The molecular weight excluding hydrogens is 340 g/mol. The van der Waals surface area contributed by atoms with Crippen molar-refractivity contribution in [1.82, 2.24) is 19.4 Å². The minimum absolute atomic E-state index is 0.0862. The molecule has 3 aliphatic rings. The number of rotatable bonds is 4. The Labute approximate surface area is 146 Å². The molecule has 2 aliphatic heterocycles. The molecule has 132 valence electrons. The lowest BCUT2D eigenvalue weighted by atomic mass is 9.92. The fraction of sp³-hybridized carbons (Fsp3) is 0.588. The molecule has 0 amide bonds. The predicted octanol–water partition coefficient (Wildman–Crippen LogP) is 2.33. The zero-order valence-corrected chi connectivity index (χ0v) is 14.6. The van der Waals surface area contributed by atoms with E-state index in [-0.39, 0.29) is 23.3 Å². The van der Waals surface area contributed by atoms with Gasteiger partial charge < -0.3 is 4.52 Å². The lowest BCUT2D eigenvalue weighted by Gasteiger charge is -2.36. The Bertz CT molecular complexity index is 864. The molecule has 2 saturated heterocycles. The van der Waals surface area contributed by atoms with Gasteiger partial charge in [-0.3, -0.25) is 4.98 Å². The number of pyridine rings is 1. The minimum Gasteiger partial charge on any atom is -0.339 e. The van der Waals surface area contributed by atoms with Crippen LogP contribution in [0.5, 0.6) is 0 Å². The lowest BCUT2D eigenvalue weighted by molar-refractivity contribution is 0.201. The van der Waals surface area contributed by atoms with E-state index in [9.17, 15) is 8.42 Å². The molecule has 8 heteroatoms. The van der Waals surface area contributed by atoms with Gasteiger partial charge >= 0.3 is 0 Å². The molecule has 0 radical (unpaired) electrons. The summed E-state index contributed by atoms with van der Waals surface area (Å²) in [6.07, 6.45) is 8.49. The van der Waals surface area contributed by atoms with Crippen molar-refractivity contribution in [3.05, 3.63) is 30.4 Å². The molecule has 0 aromatic carbocycles. The van der Waals surface area contributed by atoms with Crippen molar-refractivity contribution in [2.45, 2.75) is 61.8 Å². The second kappa shape index (κ2) is 5.60. The number of hydrogen-bond acceptors (Lipinski definition) is 6. The van der Waals surface area contributed by atoms with Crippen LogP contribution in [0.3, 0.4) is 0 Å². The number of hydrogen-bond donors (Lipinski definition) is 0. The van der Waals surface area contributed by atoms with Gasteiger partial charge in [-0.25, -0.2) is 8.42 Å². The van der Waals surface area contributed by atoms with Gasteiger partial charge in [-0.1, -0.05) is 5.16 Å². The van der Waals surface area contributed by atoms with Crippen molar-refractivity contribution in [1.29, 1.82) is 0 Å². The SMILES string of the molecule is O=S(=O)(C1CC1)N1C2CCC1CC(c1nc(-c3cccnc3)no1)C2. The molecule has 0 spiro atoms. The summed E-state index contributed by atoms with van der Waals surface area (Å²) >= 11 is 0. The highest BCUT2D eigenvalue weighted by Gasteiger charge is 2.52. The highest BCUT2D eigenvalue weighted by Crippen LogP contribution is 2.47. The summed E-state index contributed by atoms with van der Waals surface area (Å²) in [6.45, 7) is 0. The molecule has 1 aliphatic carbocycles. The van der Waals surface area contributed by atoms with Gasteiger partial charge in [0.1, 0.15) is 0 Å². The maximum absolute atomic E-state index is 12.7. The van der Waals surface area contributed by atoms with E-state index in [2.05, 4.69) is 15.1 Å². The van der Waals surface area contributed by atoms with Crippen molar-refractivity contribution < 1.29 is 12.9 Å². The fourth-order valence-corrected chi connectivity index (χ4v) is 6.59. The molecule has 5 rings (SSSR count). The second-order valence-corrected chi connectivity index (χ2v) is 9.44. The molecule has 3 fully saturated rings. The smallest absolute Gasteiger partial charge is 0.230 e. The molecule has 2 unspecified atom stereocenters. The van der Waals surface area contributed by atoms with Crippen LogP contribution >= 0.6 is 0 Å². The van der Waals surface area contributed by atoms with Crippen LogP contribution in [0.25, 0.3) is 11.4 Å². The summed E-state index contributed by atoms with van der Waals surface area (Å²) in [4.78, 5) is 8.63. The summed E-state index contributed by atoms with van der Waals surface area (Å²) in [5, 5.41) is 3.95. The molecule has 4 heterocycles. The van der Waals surface area contributed by atoms with Crippen LogP contribution in [0.2, 0.25) is 0 Å². The van der Waals surface area contributed by atoms with Gasteiger partial charge in [0, 0.05) is 36.0 Å². The van der Waals surface area contributed by atoms with E-state index in [1.807, 2.05) is 16.4 Å². The second-order valence-electron chi connectivity index (χ2n) is 7.33. The molecule has 2 bridgehead atoms. The highest BCUT2D eigenvalue weighted by molar-refractivity contribution is 7.90. The molecule has 2 aromatic rings. The molecule has 1 saturated carbocycles. The van der Waals surface area contributed by atoms with Crippen molar-refractivity contribution in [2.24, 2.45) is 0 Å². The summed E-state index contributed by atoms with van der Waals surface area (Å²) in [5.74, 6) is 1.31. The van der Waals surface area contributed by atoms with Gasteiger partial charge in [-0.05, 0) is 50.7 Å². The average Bonchev–Trinajstić information content (AvgIpc) is 3.31. The fourth-order valence-electron chi connectivity index (χ4n) is 4.30. The first-order valence-corrected chi connectivity index (χ1v) is 10.4. The standard InChI is InChI=1S/C17H20N4O3S/c22-25(23,15-5-6-15)21-13-3-4-14(21)9-12(8-13)17-19-16(20-24-17)11-2-1-7-18-10-11/h1-2,7,10,12-15H,3-6,8-9H2. The van der Waals surface area contributed by atoms with Gasteiger partial charge in [-0.2, -0.15) is 9.29 Å². The van der Waals surface area contributed by atoms with Gasteiger partial charge in [0.2, 0.25) is 21.7 Å². The van der Waals surface area contributed by atoms with Gasteiger partial charge in [0.25, 0.3) is 0 Å². The van der Waals surface area contributed by atoms with Crippen LogP contribution in [0.1, 0.15) is 50.3 Å². The van der Waals surface area contributed by atoms with Gasteiger partial charge in [-0.15, -0.1) is 0 Å². The first-order valence-electron chi connectivity index (χ1n) is 8.89. The molecule has 25 heavy (non-hydrogen) atoms. The molecule has 7 nitrogen and oxygen atoms in total. The van der Waals surface area contributed by atoms with Crippen molar-refractivity contribution in [3.63, 3.8) is 0 Å². The maximum Gasteiger partial charge on any atom is 0.230 e. The van der Waals surface area contributed by atoms with Crippen molar-refractivity contribution in [2.75, 3.05) is 0 Å². The number of piperidine rings is 1. The van der Waals surface area contributed by atoms with E-state index in [0.717, 1.165) is 44.1 Å². The first kappa shape index (κ1) is 15.5. The third-order valence-corrected chi connectivity index (χ3v) is 8.11. The Morgan fingerprint density at radius 3 is 2.52 bits per heavy atom. The predicted molar refractivity (Wildman–Crippen MR) is 90.1 cm³/mol. The van der Waals surface area contributed by atoms with E-state index >= 15 is 0 Å². The van der Waals surface area contributed by atoms with Crippen LogP contribution in [0, 0.1) is 0 Å². The quantitative estimate of drug-likeness (QED) is 0.831. The Morgan fingerprint density at radius 1 is 1.12 bits per heavy atom. The van der Waals surface area contributed by atoms with Crippen LogP contribution in [0.15, 0.2) is 29.0 Å². The maximum atomic E-state index is 12.7. The van der Waals surface area contributed by atoms with E-state index in [1.54, 1.807) is 12.4 Å². The normalized spacial score (nSPS) is 29.8. The summed E-state index contributed by atoms with van der Waals surface area (Å²) in [7, 11) is -3.11. The lowest BCUT2D eigenvalue weighted by Crippen LogP contribution is -2.47. The Balaban J connectivity index is 1.37. The van der Waals surface area contributed by atoms with E-state index in [4.69, 9.17) is 4.52 Å². The highest BCUT2D eigenvalue weighted by atomic mass is 32.2. The third kappa shape index (κ3) is 2.58. The minimum atomic E-state index is -3.11. The zero-order chi connectivity index (χ0) is 17.0. The van der Waals surface area contributed by atoms with E-state index in [1.165, 1.54) is 0 Å². The van der Waals surface area contributed by atoms with Crippen LogP contribution in [-0.2, 0) is 10.0 Å². The number of aromatic nitrogens is 3. The van der Waals surface area contributed by atoms with E-state index in [0.29, 0.717) is 11.7 Å². The van der Waals surface area contributed by atoms with Gasteiger partial charge in [0.05, 0.1) is 5.25 Å². The number of fused-ring (bicyclic) bond motifs is 2. The number of sulfonamides is 1. The van der Waals surface area contributed by atoms with Gasteiger partial charge in [0.15, 0.2) is 0 Å². The Hall–Kier alpha value is -1.80. The van der Waals surface area contributed by atoms with Crippen LogP contribution in [0.4, 0.5) is 0 Å². The monoisotopic (exact) mass is 360 g/mol. The zero-order valence-electron chi connectivity index (χ0n) is 13.8. The van der Waals surface area contributed by atoms with Crippen LogP contribution < -0.4 is 0 Å². The summed E-state index contributed by atoms with van der Waals surface area (Å²) in [5.41, 5.74) is 0.828. The van der Waals surface area contributed by atoms with Crippen molar-refractivity contribution >= 4 is 10.0 Å². The number of nitrogens with zero attached hydrogens (tertiary/aromatic N) is 4. The molecule has 2 atom stereocenters. The Morgan fingerprint density at radius 2 is 1.88 bits per heavy atom. The Kier molecular flexibility index (Phi) is 3.46. The molecule has 2 aromatic heterocycles. The largest absolute Gasteiger partial charge is 0.339 e. The van der Waals surface area contributed by atoms with Crippen LogP contribution in [-0.4, -0.2) is 45.2 Å². The topological polar surface area (TPSA) is 89.2 Å². The summed E-state index contributed by atoms with van der Waals surface area (Å²) in [6, 6.07) is 3.91. The first-order chi connectivity index (χ1) is 12.1. The average molecular weight is 360 g/mol. The summed E-state index contributed by atoms with van der Waals surface area (Å²) < 4.78 is 32.7. The third-order valence-electron chi connectivity index (χ3n) is 5.62.